The van der Waals surface area contributed by atoms with Crippen LogP contribution in [0.2, 0.25) is 5.02 Å². The van der Waals surface area contributed by atoms with Crippen molar-refractivity contribution in [3.8, 4) is 0 Å². The first-order valence-electron chi connectivity index (χ1n) is 7.69. The summed E-state index contributed by atoms with van der Waals surface area (Å²) in [5.41, 5.74) is -1.21. The lowest BCUT2D eigenvalue weighted by molar-refractivity contribution is -0.180. The van der Waals surface area contributed by atoms with E-state index >= 15 is 0 Å². The smallest absolute Gasteiger partial charge is 0.323 e. The van der Waals surface area contributed by atoms with Crippen LogP contribution >= 0.6 is 11.6 Å². The minimum atomic E-state index is -1.48. The number of carbonyl (C=O) groups excluding carboxylic acids is 2. The highest BCUT2D eigenvalue weighted by atomic mass is 35.5. The molecular formula is C18H25ClO5. The number of halogens is 1. The first kappa shape index (κ1) is 20.5. The van der Waals surface area contributed by atoms with E-state index in [0.29, 0.717) is 10.6 Å². The molecule has 0 aromatic heterocycles. The first-order chi connectivity index (χ1) is 10.8. The van der Waals surface area contributed by atoms with Crippen LogP contribution in [0.15, 0.2) is 24.3 Å². The normalized spacial score (nSPS) is 13.5. The van der Waals surface area contributed by atoms with E-state index in [2.05, 4.69) is 0 Å². The number of aliphatic hydroxyl groups excluding tert-OH is 1. The van der Waals surface area contributed by atoms with E-state index in [-0.39, 0.29) is 0 Å². The summed E-state index contributed by atoms with van der Waals surface area (Å²) < 4.78 is 10.6. The van der Waals surface area contributed by atoms with Gasteiger partial charge in [0.1, 0.15) is 17.3 Å². The van der Waals surface area contributed by atoms with Crippen LogP contribution in [-0.2, 0) is 19.1 Å². The minimum Gasteiger partial charge on any atom is -0.459 e. The van der Waals surface area contributed by atoms with E-state index in [1.54, 1.807) is 65.8 Å². The molecule has 0 amide bonds. The Kier molecular flexibility index (Phi) is 6.42. The van der Waals surface area contributed by atoms with Gasteiger partial charge in [-0.25, -0.2) is 0 Å². The molecule has 24 heavy (non-hydrogen) atoms. The van der Waals surface area contributed by atoms with Gasteiger partial charge in [0.2, 0.25) is 0 Å². The lowest BCUT2D eigenvalue weighted by Gasteiger charge is -2.28. The highest BCUT2D eigenvalue weighted by Gasteiger charge is 2.40. The highest BCUT2D eigenvalue weighted by molar-refractivity contribution is 6.30. The van der Waals surface area contributed by atoms with Crippen LogP contribution in [0.25, 0.3) is 0 Å². The maximum Gasteiger partial charge on any atom is 0.323 e. The van der Waals surface area contributed by atoms with Gasteiger partial charge < -0.3 is 14.6 Å². The molecule has 0 saturated carbocycles. The van der Waals surface area contributed by atoms with Crippen molar-refractivity contribution in [1.82, 2.24) is 0 Å². The molecule has 0 fully saturated rings. The fourth-order valence-corrected chi connectivity index (χ4v) is 2.06. The molecule has 1 unspecified atom stereocenters. The highest BCUT2D eigenvalue weighted by Crippen LogP contribution is 2.28. The number of benzene rings is 1. The summed E-state index contributed by atoms with van der Waals surface area (Å²) >= 11 is 5.83. The lowest BCUT2D eigenvalue weighted by atomic mass is 9.95. The number of carbonyl (C=O) groups is 2. The molecular weight excluding hydrogens is 332 g/mol. The fourth-order valence-electron chi connectivity index (χ4n) is 1.94. The van der Waals surface area contributed by atoms with Crippen LogP contribution < -0.4 is 0 Å². The van der Waals surface area contributed by atoms with Crippen LogP contribution in [0.1, 0.15) is 53.2 Å². The van der Waals surface area contributed by atoms with Gasteiger partial charge in [-0.15, -0.1) is 0 Å². The zero-order valence-electron chi connectivity index (χ0n) is 14.9. The summed E-state index contributed by atoms with van der Waals surface area (Å²) in [4.78, 5) is 24.9. The predicted octanol–water partition coefficient (Wildman–Crippen LogP) is 3.67. The van der Waals surface area contributed by atoms with Crippen molar-refractivity contribution in [2.75, 3.05) is 0 Å². The van der Waals surface area contributed by atoms with Crippen molar-refractivity contribution in [3.63, 3.8) is 0 Å². The van der Waals surface area contributed by atoms with Gasteiger partial charge in [0.15, 0.2) is 5.92 Å². The maximum atomic E-state index is 12.5. The largest absolute Gasteiger partial charge is 0.459 e. The van der Waals surface area contributed by atoms with Crippen molar-refractivity contribution in [2.45, 2.75) is 58.8 Å². The summed E-state index contributed by atoms with van der Waals surface area (Å²) in [6.45, 7) is 10.1. The van der Waals surface area contributed by atoms with Gasteiger partial charge in [-0.05, 0) is 59.2 Å². The quantitative estimate of drug-likeness (QED) is 0.658. The number of aliphatic hydroxyl groups is 1. The number of ether oxygens (including phenoxy) is 2. The third-order valence-corrected chi connectivity index (χ3v) is 3.10. The molecule has 5 nitrogen and oxygen atoms in total. The molecule has 1 aromatic rings. The molecule has 0 bridgehead atoms. The van der Waals surface area contributed by atoms with Gasteiger partial charge >= 0.3 is 11.9 Å². The monoisotopic (exact) mass is 356 g/mol. The van der Waals surface area contributed by atoms with Crippen LogP contribution in [0.5, 0.6) is 0 Å². The number of hydrogen-bond donors (Lipinski definition) is 1. The molecule has 1 aromatic carbocycles. The Bertz CT molecular complexity index is 553. The number of rotatable bonds is 4. The van der Waals surface area contributed by atoms with Crippen molar-refractivity contribution >= 4 is 23.5 Å². The lowest BCUT2D eigenvalue weighted by Crippen LogP contribution is -2.40. The Morgan fingerprint density at radius 1 is 0.917 bits per heavy atom. The molecule has 134 valence electrons. The van der Waals surface area contributed by atoms with Crippen LogP contribution in [0, 0.1) is 5.92 Å². The predicted molar refractivity (Wildman–Crippen MR) is 91.6 cm³/mol. The van der Waals surface area contributed by atoms with E-state index in [9.17, 15) is 14.7 Å². The SMILES string of the molecule is CC(C)(C)OC(=O)C(C(=O)OC(C)(C)C)C(O)c1ccc(Cl)cc1. The van der Waals surface area contributed by atoms with E-state index in [0.717, 1.165) is 0 Å². The average Bonchev–Trinajstić information content (AvgIpc) is 2.34. The molecule has 1 rings (SSSR count). The summed E-state index contributed by atoms with van der Waals surface area (Å²) in [7, 11) is 0. The van der Waals surface area contributed by atoms with E-state index in [4.69, 9.17) is 21.1 Å². The second kappa shape index (κ2) is 7.53. The fraction of sp³-hybridized carbons (Fsp3) is 0.556. The molecule has 0 aliphatic rings. The van der Waals surface area contributed by atoms with Crippen LogP contribution in [-0.4, -0.2) is 28.2 Å². The average molecular weight is 357 g/mol. The molecule has 0 aliphatic carbocycles. The summed E-state index contributed by atoms with van der Waals surface area (Å²) in [5, 5.41) is 11.0. The Morgan fingerprint density at radius 3 is 1.62 bits per heavy atom. The van der Waals surface area contributed by atoms with Gasteiger partial charge in [0.05, 0.1) is 0 Å². The molecule has 1 atom stereocenters. The third-order valence-electron chi connectivity index (χ3n) is 2.85. The standard InChI is InChI=1S/C18H25ClO5/c1-17(2,3)23-15(21)13(16(22)24-18(4,5)6)14(20)11-7-9-12(19)10-8-11/h7-10,13-14,20H,1-6H3. The second-order valence-corrected chi connectivity index (χ2v) is 7.98. The van der Waals surface area contributed by atoms with E-state index in [1.807, 2.05) is 0 Å². The van der Waals surface area contributed by atoms with Gasteiger partial charge in [0.25, 0.3) is 0 Å². The Labute approximate surface area is 147 Å². The van der Waals surface area contributed by atoms with Crippen molar-refractivity contribution in [2.24, 2.45) is 5.92 Å². The van der Waals surface area contributed by atoms with Crippen molar-refractivity contribution in [1.29, 1.82) is 0 Å². The van der Waals surface area contributed by atoms with Crippen LogP contribution in [0.3, 0.4) is 0 Å². The van der Waals surface area contributed by atoms with Crippen molar-refractivity contribution < 1.29 is 24.2 Å². The number of hydrogen-bond acceptors (Lipinski definition) is 5. The molecule has 1 N–H and O–H groups in total. The molecule has 0 heterocycles. The first-order valence-corrected chi connectivity index (χ1v) is 8.07. The Morgan fingerprint density at radius 2 is 1.29 bits per heavy atom. The Balaban J connectivity index is 3.14. The zero-order valence-corrected chi connectivity index (χ0v) is 15.7. The summed E-state index contributed by atoms with van der Waals surface area (Å²) in [6.07, 6.45) is -1.40. The van der Waals surface area contributed by atoms with Crippen molar-refractivity contribution in [3.05, 3.63) is 34.9 Å². The maximum absolute atomic E-state index is 12.5. The third kappa shape index (κ3) is 6.49. The van der Waals surface area contributed by atoms with E-state index in [1.165, 1.54) is 0 Å². The molecule has 0 radical (unpaired) electrons. The molecule has 6 heteroatoms. The van der Waals surface area contributed by atoms with Gasteiger partial charge in [0, 0.05) is 5.02 Å². The zero-order chi connectivity index (χ0) is 18.7. The van der Waals surface area contributed by atoms with Gasteiger partial charge in [-0.2, -0.15) is 0 Å². The van der Waals surface area contributed by atoms with Gasteiger partial charge in [-0.1, -0.05) is 23.7 Å². The van der Waals surface area contributed by atoms with Crippen LogP contribution in [0.4, 0.5) is 0 Å². The topological polar surface area (TPSA) is 72.8 Å². The summed E-state index contributed by atoms with van der Waals surface area (Å²) in [6, 6.07) is 6.24. The number of esters is 2. The Hall–Kier alpha value is -1.59. The van der Waals surface area contributed by atoms with E-state index < -0.39 is 35.2 Å². The molecule has 0 saturated heterocycles. The minimum absolute atomic E-state index is 0.376. The second-order valence-electron chi connectivity index (χ2n) is 7.54. The molecule has 0 aliphatic heterocycles. The van der Waals surface area contributed by atoms with Gasteiger partial charge in [-0.3, -0.25) is 9.59 Å². The molecule has 0 spiro atoms. The summed E-state index contributed by atoms with van der Waals surface area (Å²) in [5.74, 6) is -3.15.